The van der Waals surface area contributed by atoms with Gasteiger partial charge in [0.1, 0.15) is 4.90 Å². The van der Waals surface area contributed by atoms with Gasteiger partial charge in [0.2, 0.25) is 5.13 Å². The molecule has 0 fully saturated rings. The molecule has 0 aliphatic rings. The fourth-order valence-corrected chi connectivity index (χ4v) is 5.72. The van der Waals surface area contributed by atoms with Gasteiger partial charge >= 0.3 is 0 Å². The molecule has 164 valence electrons. The van der Waals surface area contributed by atoms with Gasteiger partial charge in [-0.1, -0.05) is 66.2 Å². The highest BCUT2D eigenvalue weighted by molar-refractivity contribution is 8.01. The second-order valence-corrected chi connectivity index (χ2v) is 11.5. The SMILES string of the molecule is Cc1ccc(NS(=O)(=O)c2cc(C(=O)Nc3nnc(SCC(C)C)s3)ccc2Cl)cc1. The number of benzene rings is 2. The van der Waals surface area contributed by atoms with E-state index in [9.17, 15) is 13.2 Å². The van der Waals surface area contributed by atoms with Crippen molar-refractivity contribution in [2.45, 2.75) is 30.0 Å². The zero-order chi connectivity index (χ0) is 22.6. The Morgan fingerprint density at radius 3 is 2.55 bits per heavy atom. The average Bonchev–Trinajstić information content (AvgIpc) is 3.15. The van der Waals surface area contributed by atoms with Gasteiger partial charge in [-0.25, -0.2) is 8.42 Å². The zero-order valence-corrected chi connectivity index (χ0v) is 20.3. The molecule has 0 aliphatic carbocycles. The molecular formula is C20H21ClN4O3S3. The molecule has 1 amide bonds. The third kappa shape index (κ3) is 6.42. The van der Waals surface area contributed by atoms with Crippen LogP contribution in [0.4, 0.5) is 10.8 Å². The summed E-state index contributed by atoms with van der Waals surface area (Å²) < 4.78 is 28.9. The molecule has 0 spiro atoms. The van der Waals surface area contributed by atoms with Crippen molar-refractivity contribution in [1.29, 1.82) is 0 Å². The van der Waals surface area contributed by atoms with Gasteiger partial charge in [0, 0.05) is 17.0 Å². The normalized spacial score (nSPS) is 11.5. The van der Waals surface area contributed by atoms with Crippen molar-refractivity contribution in [2.24, 2.45) is 5.92 Å². The molecule has 31 heavy (non-hydrogen) atoms. The van der Waals surface area contributed by atoms with E-state index in [1.54, 1.807) is 36.0 Å². The fraction of sp³-hybridized carbons (Fsp3) is 0.250. The number of thioether (sulfide) groups is 1. The summed E-state index contributed by atoms with van der Waals surface area (Å²) in [6, 6.07) is 11.0. The molecular weight excluding hydrogens is 476 g/mol. The maximum absolute atomic E-state index is 12.8. The minimum absolute atomic E-state index is 0.0134. The highest BCUT2D eigenvalue weighted by atomic mass is 35.5. The zero-order valence-electron chi connectivity index (χ0n) is 17.0. The lowest BCUT2D eigenvalue weighted by molar-refractivity contribution is 0.102. The second kappa shape index (κ2) is 9.99. The number of aromatic nitrogens is 2. The van der Waals surface area contributed by atoms with Crippen LogP contribution in [-0.2, 0) is 10.0 Å². The van der Waals surface area contributed by atoms with Crippen LogP contribution in [0.1, 0.15) is 29.8 Å². The third-order valence-corrected chi connectivity index (χ3v) is 8.22. The molecule has 0 aliphatic heterocycles. The Kier molecular flexibility index (Phi) is 7.58. The molecule has 1 aromatic heterocycles. The summed E-state index contributed by atoms with van der Waals surface area (Å²) in [5, 5.41) is 11.0. The summed E-state index contributed by atoms with van der Waals surface area (Å²) in [6.45, 7) is 6.12. The lowest BCUT2D eigenvalue weighted by atomic mass is 10.2. The molecule has 11 heteroatoms. The van der Waals surface area contributed by atoms with Crippen molar-refractivity contribution in [3.05, 3.63) is 58.6 Å². The second-order valence-electron chi connectivity index (χ2n) is 7.15. The van der Waals surface area contributed by atoms with Gasteiger partial charge in [-0.3, -0.25) is 14.8 Å². The average molecular weight is 497 g/mol. The van der Waals surface area contributed by atoms with E-state index in [0.717, 1.165) is 15.7 Å². The maximum Gasteiger partial charge on any atom is 0.263 e. The van der Waals surface area contributed by atoms with E-state index in [1.165, 1.54) is 29.5 Å². The van der Waals surface area contributed by atoms with Crippen LogP contribution in [-0.4, -0.2) is 30.3 Å². The number of carbonyl (C=O) groups is 1. The van der Waals surface area contributed by atoms with Crippen LogP contribution < -0.4 is 10.0 Å². The van der Waals surface area contributed by atoms with Crippen molar-refractivity contribution >= 4 is 61.4 Å². The van der Waals surface area contributed by atoms with Gasteiger partial charge < -0.3 is 0 Å². The number of nitrogens with one attached hydrogen (secondary N) is 2. The van der Waals surface area contributed by atoms with E-state index < -0.39 is 15.9 Å². The van der Waals surface area contributed by atoms with Crippen LogP contribution in [0.3, 0.4) is 0 Å². The van der Waals surface area contributed by atoms with Gasteiger partial charge in [0.15, 0.2) is 4.34 Å². The molecule has 2 aromatic carbocycles. The summed E-state index contributed by atoms with van der Waals surface area (Å²) in [5.41, 5.74) is 1.54. The first-order valence-corrected chi connectivity index (χ1v) is 13.0. The van der Waals surface area contributed by atoms with E-state index in [2.05, 4.69) is 34.1 Å². The number of hydrogen-bond donors (Lipinski definition) is 2. The Hall–Kier alpha value is -2.14. The molecule has 3 aromatic rings. The molecule has 1 heterocycles. The van der Waals surface area contributed by atoms with Crippen LogP contribution in [0.2, 0.25) is 5.02 Å². The van der Waals surface area contributed by atoms with Crippen molar-refractivity contribution in [1.82, 2.24) is 10.2 Å². The van der Waals surface area contributed by atoms with E-state index in [4.69, 9.17) is 11.6 Å². The number of sulfonamides is 1. The minimum atomic E-state index is -3.99. The van der Waals surface area contributed by atoms with Gasteiger partial charge in [-0.2, -0.15) is 0 Å². The fourth-order valence-electron chi connectivity index (χ4n) is 2.41. The summed E-state index contributed by atoms with van der Waals surface area (Å²) in [4.78, 5) is 12.5. The Morgan fingerprint density at radius 1 is 1.16 bits per heavy atom. The van der Waals surface area contributed by atoms with Gasteiger partial charge in [0.05, 0.1) is 5.02 Å². The number of anilines is 2. The first-order chi connectivity index (χ1) is 14.6. The van der Waals surface area contributed by atoms with Crippen LogP contribution >= 0.6 is 34.7 Å². The molecule has 0 saturated heterocycles. The summed E-state index contributed by atoms with van der Waals surface area (Å²) in [5.74, 6) is 0.907. The third-order valence-electron chi connectivity index (χ3n) is 3.95. The van der Waals surface area contributed by atoms with Gasteiger partial charge in [-0.15, -0.1) is 10.2 Å². The lowest BCUT2D eigenvalue weighted by Crippen LogP contribution is -2.16. The highest BCUT2D eigenvalue weighted by Crippen LogP contribution is 2.28. The number of amides is 1. The Balaban J connectivity index is 1.76. The number of nitrogens with zero attached hydrogens (tertiary/aromatic N) is 2. The van der Waals surface area contributed by atoms with E-state index in [1.807, 2.05) is 6.92 Å². The maximum atomic E-state index is 12.8. The smallest absolute Gasteiger partial charge is 0.263 e. The van der Waals surface area contributed by atoms with Gasteiger partial charge in [-0.05, 0) is 43.2 Å². The molecule has 0 saturated carbocycles. The summed E-state index contributed by atoms with van der Waals surface area (Å²) in [6.07, 6.45) is 0. The topological polar surface area (TPSA) is 101 Å². The van der Waals surface area contributed by atoms with Crippen LogP contribution in [0.15, 0.2) is 51.7 Å². The van der Waals surface area contributed by atoms with Crippen molar-refractivity contribution in [3.63, 3.8) is 0 Å². The van der Waals surface area contributed by atoms with Crippen molar-refractivity contribution in [2.75, 3.05) is 15.8 Å². The number of halogens is 1. The van der Waals surface area contributed by atoms with Crippen LogP contribution in [0, 0.1) is 12.8 Å². The lowest BCUT2D eigenvalue weighted by Gasteiger charge is -2.11. The Bertz CT molecular complexity index is 1180. The summed E-state index contributed by atoms with van der Waals surface area (Å²) >= 11 is 8.96. The number of aryl methyl sites for hydroxylation is 1. The highest BCUT2D eigenvalue weighted by Gasteiger charge is 2.21. The largest absolute Gasteiger partial charge is 0.296 e. The Labute approximate surface area is 194 Å². The first kappa shape index (κ1) is 23.5. The molecule has 0 radical (unpaired) electrons. The van der Waals surface area contributed by atoms with Gasteiger partial charge in [0.25, 0.3) is 15.9 Å². The number of carbonyl (C=O) groups excluding carboxylic acids is 1. The predicted molar refractivity (Wildman–Crippen MR) is 127 cm³/mol. The van der Waals surface area contributed by atoms with E-state index >= 15 is 0 Å². The molecule has 0 unspecified atom stereocenters. The molecule has 2 N–H and O–H groups in total. The molecule has 3 rings (SSSR count). The number of hydrogen-bond acceptors (Lipinski definition) is 7. The van der Waals surface area contributed by atoms with Crippen molar-refractivity contribution in [3.8, 4) is 0 Å². The van der Waals surface area contributed by atoms with E-state index in [0.29, 0.717) is 16.7 Å². The molecule has 7 nitrogen and oxygen atoms in total. The standard InChI is InChI=1S/C20H21ClN4O3S3/c1-12(2)11-29-20-24-23-19(30-20)22-18(26)14-6-9-16(21)17(10-14)31(27,28)25-15-7-4-13(3)5-8-15/h4-10,12,25H,11H2,1-3H3,(H,22,23,26). The predicted octanol–water partition coefficient (Wildman–Crippen LogP) is 5.30. The van der Waals surface area contributed by atoms with Crippen LogP contribution in [0.25, 0.3) is 0 Å². The molecule has 0 bridgehead atoms. The van der Waals surface area contributed by atoms with E-state index in [-0.39, 0.29) is 15.5 Å². The summed E-state index contributed by atoms with van der Waals surface area (Å²) in [7, 11) is -3.99. The van der Waals surface area contributed by atoms with Crippen LogP contribution in [0.5, 0.6) is 0 Å². The Morgan fingerprint density at radius 2 is 1.87 bits per heavy atom. The van der Waals surface area contributed by atoms with Crippen molar-refractivity contribution < 1.29 is 13.2 Å². The minimum Gasteiger partial charge on any atom is -0.296 e. The first-order valence-electron chi connectivity index (χ1n) is 9.31. The number of rotatable bonds is 8. The quantitative estimate of drug-likeness (QED) is 0.324. The molecule has 0 atom stereocenters. The monoisotopic (exact) mass is 496 g/mol.